The SMILES string of the molecule is [2H]C([2H])(c1ccc(-c2ccccn2)cc1)N(C[C@H](O)[C@@H](C[B]C=O)Cc1ccccc1)NC(=O)[C@@H](CC(=O)OC)C(C)(C)C. The van der Waals surface area contributed by atoms with Gasteiger partial charge in [0.05, 0.1) is 40.2 Å². The van der Waals surface area contributed by atoms with Crippen molar-refractivity contribution in [1.82, 2.24) is 15.4 Å². The number of carbonyl (C=O) groups is 3. The van der Waals surface area contributed by atoms with E-state index in [9.17, 15) is 19.5 Å². The molecule has 2 aromatic carbocycles. The number of nitrogens with zero attached hydrogens (tertiary/aromatic N) is 2. The number of carbonyl (C=O) groups excluding carboxylic acids is 3. The molecule has 1 heterocycles. The average molecular weight is 573 g/mol. The quantitative estimate of drug-likeness (QED) is 0.121. The molecule has 0 saturated carbocycles. The molecule has 0 aliphatic rings. The number of aromatic nitrogens is 1. The van der Waals surface area contributed by atoms with E-state index in [2.05, 4.69) is 10.4 Å². The Balaban J connectivity index is 1.96. The zero-order valence-electron chi connectivity index (χ0n) is 26.7. The van der Waals surface area contributed by atoms with Gasteiger partial charge in [-0.25, -0.2) is 5.01 Å². The Morgan fingerprint density at radius 3 is 2.36 bits per heavy atom. The van der Waals surface area contributed by atoms with Gasteiger partial charge in [0.2, 0.25) is 5.91 Å². The first-order valence-electron chi connectivity index (χ1n) is 15.0. The van der Waals surface area contributed by atoms with Crippen LogP contribution in [0.3, 0.4) is 0 Å². The van der Waals surface area contributed by atoms with E-state index in [1.165, 1.54) is 14.4 Å². The fraction of sp³-hybridized carbons (Fsp3) is 0.394. The van der Waals surface area contributed by atoms with Gasteiger partial charge in [-0.2, -0.15) is 0 Å². The molecule has 8 nitrogen and oxygen atoms in total. The average Bonchev–Trinajstić information content (AvgIpc) is 3.01. The van der Waals surface area contributed by atoms with Crippen molar-refractivity contribution in [1.29, 1.82) is 0 Å². The summed E-state index contributed by atoms with van der Waals surface area (Å²) in [6.45, 7) is 2.87. The van der Waals surface area contributed by atoms with Crippen LogP contribution in [0.5, 0.6) is 0 Å². The molecule has 3 aromatic rings. The third-order valence-electron chi connectivity index (χ3n) is 7.10. The summed E-state index contributed by atoms with van der Waals surface area (Å²) in [4.78, 5) is 41.5. The van der Waals surface area contributed by atoms with E-state index >= 15 is 0 Å². The third-order valence-corrected chi connectivity index (χ3v) is 7.10. The fourth-order valence-corrected chi connectivity index (χ4v) is 4.64. The molecule has 1 amide bonds. The zero-order chi connectivity index (χ0) is 32.3. The number of hydrogen-bond acceptors (Lipinski definition) is 7. The van der Waals surface area contributed by atoms with Crippen molar-refractivity contribution in [3.8, 4) is 11.3 Å². The molecule has 0 fully saturated rings. The summed E-state index contributed by atoms with van der Waals surface area (Å²) >= 11 is 0. The van der Waals surface area contributed by atoms with Crippen LogP contribution in [0.1, 0.15) is 41.1 Å². The summed E-state index contributed by atoms with van der Waals surface area (Å²) < 4.78 is 23.1. The Labute approximate surface area is 252 Å². The summed E-state index contributed by atoms with van der Waals surface area (Å²) in [7, 11) is 2.68. The number of esters is 1. The molecule has 0 aliphatic carbocycles. The van der Waals surface area contributed by atoms with Crippen LogP contribution in [-0.2, 0) is 32.0 Å². The molecular formula is C33H41BN3O5. The first-order chi connectivity index (χ1) is 20.9. The molecule has 3 atom stereocenters. The van der Waals surface area contributed by atoms with Crippen LogP contribution in [-0.4, -0.2) is 60.2 Å². The molecule has 0 aliphatic heterocycles. The second-order valence-electron chi connectivity index (χ2n) is 11.3. The summed E-state index contributed by atoms with van der Waals surface area (Å²) in [6, 6.07) is 21.8. The lowest BCUT2D eigenvalue weighted by Gasteiger charge is -2.34. The van der Waals surface area contributed by atoms with E-state index in [1.807, 2.05) is 69.3 Å². The number of hydrogen-bond donors (Lipinski definition) is 2. The highest BCUT2D eigenvalue weighted by molar-refractivity contribution is 6.66. The second kappa shape index (κ2) is 16.0. The number of pyridine rings is 1. The van der Waals surface area contributed by atoms with Crippen LogP contribution < -0.4 is 5.43 Å². The maximum atomic E-state index is 13.7. The van der Waals surface area contributed by atoms with Crippen LogP contribution in [0.4, 0.5) is 0 Å². The number of ether oxygens (including phenoxy) is 1. The number of amides is 1. The maximum Gasteiger partial charge on any atom is 0.306 e. The van der Waals surface area contributed by atoms with Crippen molar-refractivity contribution in [3.05, 3.63) is 90.1 Å². The van der Waals surface area contributed by atoms with Gasteiger partial charge in [0.15, 0.2) is 7.28 Å². The van der Waals surface area contributed by atoms with Crippen molar-refractivity contribution in [3.63, 3.8) is 0 Å². The van der Waals surface area contributed by atoms with Crippen LogP contribution >= 0.6 is 0 Å². The predicted molar refractivity (Wildman–Crippen MR) is 165 cm³/mol. The molecule has 0 spiro atoms. The monoisotopic (exact) mass is 572 g/mol. The molecule has 9 heteroatoms. The van der Waals surface area contributed by atoms with Crippen molar-refractivity contribution < 1.29 is 27.0 Å². The van der Waals surface area contributed by atoms with Crippen molar-refractivity contribution in [2.24, 2.45) is 17.3 Å². The molecule has 0 unspecified atom stereocenters. The van der Waals surface area contributed by atoms with Gasteiger partial charge in [0, 0.05) is 24.8 Å². The summed E-state index contributed by atoms with van der Waals surface area (Å²) in [5, 5.41) is 12.6. The lowest BCUT2D eigenvalue weighted by molar-refractivity contribution is -0.148. The Bertz CT molecular complexity index is 1360. The van der Waals surface area contributed by atoms with Gasteiger partial charge in [-0.3, -0.25) is 20.0 Å². The summed E-state index contributed by atoms with van der Waals surface area (Å²) in [5.41, 5.74) is 4.75. The first-order valence-corrected chi connectivity index (χ1v) is 14.0. The number of nitrogens with one attached hydrogen (secondary N) is 1. The molecule has 0 saturated heterocycles. The van der Waals surface area contributed by atoms with Crippen LogP contribution in [0.15, 0.2) is 79.0 Å². The third kappa shape index (κ3) is 10.2. The Morgan fingerprint density at radius 2 is 1.76 bits per heavy atom. The second-order valence-corrected chi connectivity index (χ2v) is 11.3. The molecule has 1 radical (unpaired) electrons. The van der Waals surface area contributed by atoms with Crippen LogP contribution in [0.2, 0.25) is 6.32 Å². The van der Waals surface area contributed by atoms with Gasteiger partial charge in [0.25, 0.3) is 0 Å². The lowest BCUT2D eigenvalue weighted by atomic mass is 9.68. The normalized spacial score (nSPS) is 14.6. The number of methoxy groups -OCH3 is 1. The topological polar surface area (TPSA) is 109 Å². The van der Waals surface area contributed by atoms with Crippen LogP contribution in [0, 0.1) is 17.3 Å². The van der Waals surface area contributed by atoms with Gasteiger partial charge >= 0.3 is 5.97 Å². The maximum absolute atomic E-state index is 13.7. The van der Waals surface area contributed by atoms with E-state index in [1.54, 1.807) is 30.5 Å². The highest BCUT2D eigenvalue weighted by atomic mass is 16.5. The molecule has 0 bridgehead atoms. The molecule has 1 aromatic heterocycles. The Morgan fingerprint density at radius 1 is 1.07 bits per heavy atom. The smallest absolute Gasteiger partial charge is 0.306 e. The molecule has 221 valence electrons. The summed E-state index contributed by atoms with van der Waals surface area (Å²) in [5.74, 6) is -2.44. The van der Waals surface area contributed by atoms with Gasteiger partial charge in [-0.15, -0.1) is 0 Å². The minimum Gasteiger partial charge on any atom is -0.469 e. The fourth-order valence-electron chi connectivity index (χ4n) is 4.64. The zero-order valence-corrected chi connectivity index (χ0v) is 24.7. The molecule has 3 rings (SSSR count). The minimum atomic E-state index is -2.28. The highest BCUT2D eigenvalue weighted by Crippen LogP contribution is 2.30. The number of aliphatic hydroxyl groups excluding tert-OH is 1. The van der Waals surface area contributed by atoms with E-state index in [4.69, 9.17) is 7.48 Å². The van der Waals surface area contributed by atoms with Crippen LogP contribution in [0.25, 0.3) is 11.3 Å². The lowest BCUT2D eigenvalue weighted by Crippen LogP contribution is -2.51. The van der Waals surface area contributed by atoms with E-state index in [-0.39, 0.29) is 24.8 Å². The Kier molecular flexibility index (Phi) is 11.3. The number of hydrazine groups is 1. The Hall–Kier alpha value is -3.82. The van der Waals surface area contributed by atoms with Gasteiger partial charge in [-0.05, 0) is 41.0 Å². The summed E-state index contributed by atoms with van der Waals surface area (Å²) in [6.07, 6.45) is 1.71. The standard InChI is InChI=1S/C33H41BN3O5/c1-33(2,3)28(19-31(40)42-4)32(41)36-37(21-25-13-15-26(16-14-25)29-12-8-9-17-35-29)22-30(39)27(20-34-23-38)18-24-10-6-5-7-11-24/h5-17,23,27-28,30,39H,18-22H2,1-4H3,(H,36,41)/t27-,28-,30+/m1/s1/i21D2. The van der Waals surface area contributed by atoms with E-state index in [0.29, 0.717) is 12.6 Å². The predicted octanol–water partition coefficient (Wildman–Crippen LogP) is 4.34. The number of benzene rings is 2. The van der Waals surface area contributed by atoms with Crippen molar-refractivity contribution in [2.45, 2.75) is 52.5 Å². The molecular weight excluding hydrogens is 529 g/mol. The van der Waals surface area contributed by atoms with E-state index in [0.717, 1.165) is 21.8 Å². The largest absolute Gasteiger partial charge is 0.469 e. The number of rotatable bonds is 15. The van der Waals surface area contributed by atoms with Gasteiger partial charge in [-0.1, -0.05) is 87.8 Å². The minimum absolute atomic E-state index is 0.199. The highest BCUT2D eigenvalue weighted by Gasteiger charge is 2.35. The van der Waals surface area contributed by atoms with Gasteiger partial charge in [0.1, 0.15) is 0 Å². The first kappa shape index (κ1) is 29.7. The van der Waals surface area contributed by atoms with Crippen molar-refractivity contribution >= 4 is 25.3 Å². The molecule has 42 heavy (non-hydrogen) atoms. The van der Waals surface area contributed by atoms with Gasteiger partial charge < -0.3 is 14.6 Å². The van der Waals surface area contributed by atoms with E-state index < -0.39 is 41.7 Å². The molecule has 2 N–H and O–H groups in total. The number of aliphatic hydroxyl groups is 1. The van der Waals surface area contributed by atoms with Crippen molar-refractivity contribution in [2.75, 3.05) is 13.7 Å².